The topological polar surface area (TPSA) is 12.5 Å². The first kappa shape index (κ1) is 13.7. The van der Waals surface area contributed by atoms with Crippen LogP contribution in [0.15, 0.2) is 12.1 Å². The summed E-state index contributed by atoms with van der Waals surface area (Å²) in [5.41, 5.74) is 0.625. The maximum Gasteiger partial charge on any atom is 0.149 e. The maximum absolute atomic E-state index is 14.0. The zero-order valence-electron chi connectivity index (χ0n) is 10.4. The second-order valence-electron chi connectivity index (χ2n) is 4.58. The zero-order chi connectivity index (χ0) is 13.3. The lowest BCUT2D eigenvalue weighted by molar-refractivity contribution is 0.118. The average Bonchev–Trinajstić information content (AvgIpc) is 2.74. The van der Waals surface area contributed by atoms with Gasteiger partial charge in [-0.3, -0.25) is 0 Å². The number of halogens is 3. The standard InChI is InChI=1S/C13H16BrF2NO/c1-8-12(3-4-18-8)17(2)13-10(15)5-9(7-14)6-11(13)16/h5-6,8,12H,3-4,7H2,1-2H3. The number of nitrogens with zero attached hydrogens (tertiary/aromatic N) is 1. The molecule has 1 aromatic rings. The molecular formula is C13H16BrF2NO. The van der Waals surface area contributed by atoms with Crippen LogP contribution in [0.3, 0.4) is 0 Å². The van der Waals surface area contributed by atoms with E-state index in [1.165, 1.54) is 12.1 Å². The molecule has 18 heavy (non-hydrogen) atoms. The first-order valence-electron chi connectivity index (χ1n) is 5.93. The van der Waals surface area contributed by atoms with Gasteiger partial charge in [0.1, 0.15) is 17.3 Å². The molecule has 0 amide bonds. The van der Waals surface area contributed by atoms with E-state index in [-0.39, 0.29) is 17.8 Å². The van der Waals surface area contributed by atoms with Gasteiger partial charge in [0.05, 0.1) is 12.1 Å². The van der Waals surface area contributed by atoms with Crippen molar-refractivity contribution >= 4 is 21.6 Å². The Bertz CT molecular complexity index is 418. The summed E-state index contributed by atoms with van der Waals surface area (Å²) in [6, 6.07) is 2.75. The molecule has 1 fully saturated rings. The van der Waals surface area contributed by atoms with Gasteiger partial charge in [-0.05, 0) is 31.0 Å². The number of hydrogen-bond donors (Lipinski definition) is 0. The van der Waals surface area contributed by atoms with Gasteiger partial charge in [0, 0.05) is 19.0 Å². The van der Waals surface area contributed by atoms with Gasteiger partial charge in [-0.1, -0.05) is 15.9 Å². The van der Waals surface area contributed by atoms with Gasteiger partial charge >= 0.3 is 0 Å². The quantitative estimate of drug-likeness (QED) is 0.791. The Morgan fingerprint density at radius 3 is 2.44 bits per heavy atom. The van der Waals surface area contributed by atoms with Crippen LogP contribution < -0.4 is 4.90 Å². The largest absolute Gasteiger partial charge is 0.376 e. The highest BCUT2D eigenvalue weighted by Gasteiger charge is 2.30. The van der Waals surface area contributed by atoms with Crippen LogP contribution in [0.25, 0.3) is 0 Å². The molecule has 0 saturated carbocycles. The van der Waals surface area contributed by atoms with Crippen molar-refractivity contribution < 1.29 is 13.5 Å². The normalized spacial score (nSPS) is 23.4. The second-order valence-corrected chi connectivity index (χ2v) is 5.15. The Morgan fingerprint density at radius 1 is 1.39 bits per heavy atom. The number of ether oxygens (including phenoxy) is 1. The number of hydrogen-bond acceptors (Lipinski definition) is 2. The monoisotopic (exact) mass is 319 g/mol. The highest BCUT2D eigenvalue weighted by molar-refractivity contribution is 9.08. The summed E-state index contributed by atoms with van der Waals surface area (Å²) in [5, 5.41) is 0.438. The van der Waals surface area contributed by atoms with Gasteiger partial charge < -0.3 is 9.64 Å². The van der Waals surface area contributed by atoms with E-state index < -0.39 is 11.6 Å². The minimum atomic E-state index is -0.522. The van der Waals surface area contributed by atoms with Crippen molar-refractivity contribution in [1.29, 1.82) is 0 Å². The van der Waals surface area contributed by atoms with Gasteiger partial charge in [0.15, 0.2) is 0 Å². The SMILES string of the molecule is CC1OCCC1N(C)c1c(F)cc(CBr)cc1F. The van der Waals surface area contributed by atoms with Gasteiger partial charge in [-0.15, -0.1) is 0 Å². The van der Waals surface area contributed by atoms with Crippen molar-refractivity contribution in [3.63, 3.8) is 0 Å². The molecule has 1 aromatic carbocycles. The van der Waals surface area contributed by atoms with Crippen LogP contribution in [0.5, 0.6) is 0 Å². The fourth-order valence-corrected chi connectivity index (χ4v) is 2.75. The molecule has 2 atom stereocenters. The van der Waals surface area contributed by atoms with E-state index in [9.17, 15) is 8.78 Å². The number of likely N-dealkylation sites (N-methyl/N-ethyl adjacent to an activating group) is 1. The van der Waals surface area contributed by atoms with Crippen LogP contribution in [0, 0.1) is 11.6 Å². The minimum Gasteiger partial charge on any atom is -0.376 e. The molecule has 1 aliphatic heterocycles. The summed E-state index contributed by atoms with van der Waals surface area (Å²) in [7, 11) is 1.71. The van der Waals surface area contributed by atoms with Crippen molar-refractivity contribution in [1.82, 2.24) is 0 Å². The van der Waals surface area contributed by atoms with Crippen LogP contribution in [0.4, 0.5) is 14.5 Å². The maximum atomic E-state index is 14.0. The highest BCUT2D eigenvalue weighted by atomic mass is 79.9. The molecule has 2 rings (SSSR count). The van der Waals surface area contributed by atoms with E-state index in [4.69, 9.17) is 4.74 Å². The Hall–Kier alpha value is -0.680. The van der Waals surface area contributed by atoms with Gasteiger partial charge in [-0.2, -0.15) is 0 Å². The van der Waals surface area contributed by atoms with E-state index in [0.717, 1.165) is 6.42 Å². The molecule has 1 saturated heterocycles. The van der Waals surface area contributed by atoms with E-state index in [1.54, 1.807) is 11.9 Å². The molecule has 0 radical (unpaired) electrons. The van der Waals surface area contributed by atoms with E-state index >= 15 is 0 Å². The lowest BCUT2D eigenvalue weighted by Gasteiger charge is -2.29. The average molecular weight is 320 g/mol. The minimum absolute atomic E-state index is 0.00958. The third-order valence-corrected chi connectivity index (χ3v) is 4.06. The summed E-state index contributed by atoms with van der Waals surface area (Å²) >= 11 is 3.20. The Balaban J connectivity index is 2.32. The third-order valence-electron chi connectivity index (χ3n) is 3.42. The molecule has 1 heterocycles. The molecule has 0 bridgehead atoms. The fourth-order valence-electron chi connectivity index (χ4n) is 2.43. The van der Waals surface area contributed by atoms with Crippen molar-refractivity contribution in [3.8, 4) is 0 Å². The number of alkyl halides is 1. The fraction of sp³-hybridized carbons (Fsp3) is 0.538. The third kappa shape index (κ3) is 2.52. The molecule has 0 aromatic heterocycles. The summed E-state index contributed by atoms with van der Waals surface area (Å²) in [5.74, 6) is -1.04. The highest BCUT2D eigenvalue weighted by Crippen LogP contribution is 2.30. The Morgan fingerprint density at radius 2 is 2.00 bits per heavy atom. The first-order chi connectivity index (χ1) is 8.54. The summed E-state index contributed by atoms with van der Waals surface area (Å²) in [4.78, 5) is 1.65. The first-order valence-corrected chi connectivity index (χ1v) is 7.05. The number of benzene rings is 1. The molecule has 2 nitrogen and oxygen atoms in total. The van der Waals surface area contributed by atoms with Crippen LogP contribution in [-0.4, -0.2) is 25.8 Å². The van der Waals surface area contributed by atoms with Crippen LogP contribution in [0.1, 0.15) is 18.9 Å². The van der Waals surface area contributed by atoms with E-state index in [1.807, 2.05) is 6.92 Å². The number of anilines is 1. The van der Waals surface area contributed by atoms with Crippen LogP contribution in [-0.2, 0) is 10.1 Å². The smallest absolute Gasteiger partial charge is 0.149 e. The van der Waals surface area contributed by atoms with Gasteiger partial charge in [0.2, 0.25) is 0 Å². The molecule has 0 aliphatic carbocycles. The second kappa shape index (κ2) is 5.53. The predicted octanol–water partition coefficient (Wildman–Crippen LogP) is 3.47. The zero-order valence-corrected chi connectivity index (χ0v) is 12.0. The van der Waals surface area contributed by atoms with Gasteiger partial charge in [0.25, 0.3) is 0 Å². The molecule has 100 valence electrons. The Kier molecular flexibility index (Phi) is 4.22. The van der Waals surface area contributed by atoms with Gasteiger partial charge in [-0.25, -0.2) is 8.78 Å². The lowest BCUT2D eigenvalue weighted by Crippen LogP contribution is -2.37. The van der Waals surface area contributed by atoms with Crippen LogP contribution >= 0.6 is 15.9 Å². The van der Waals surface area contributed by atoms with Crippen LogP contribution in [0.2, 0.25) is 0 Å². The number of rotatable bonds is 3. The van der Waals surface area contributed by atoms with E-state index in [0.29, 0.717) is 17.5 Å². The molecule has 1 aliphatic rings. The Labute approximate surface area is 114 Å². The van der Waals surface area contributed by atoms with Crippen molar-refractivity contribution in [3.05, 3.63) is 29.3 Å². The summed E-state index contributed by atoms with van der Waals surface area (Å²) < 4.78 is 33.4. The molecule has 0 N–H and O–H groups in total. The summed E-state index contributed by atoms with van der Waals surface area (Å²) in [6.45, 7) is 2.57. The van der Waals surface area contributed by atoms with E-state index in [2.05, 4.69) is 15.9 Å². The van der Waals surface area contributed by atoms with Crippen molar-refractivity contribution in [2.24, 2.45) is 0 Å². The van der Waals surface area contributed by atoms with Crippen molar-refractivity contribution in [2.75, 3.05) is 18.6 Å². The predicted molar refractivity (Wildman–Crippen MR) is 71.2 cm³/mol. The summed E-state index contributed by atoms with van der Waals surface area (Å²) in [6.07, 6.45) is 0.779. The molecule has 5 heteroatoms. The molecule has 2 unspecified atom stereocenters. The molecule has 0 spiro atoms. The van der Waals surface area contributed by atoms with Crippen molar-refractivity contribution in [2.45, 2.75) is 30.8 Å². The lowest BCUT2D eigenvalue weighted by atomic mass is 10.1. The molecular weight excluding hydrogens is 304 g/mol.